The van der Waals surface area contributed by atoms with Gasteiger partial charge in [-0.1, -0.05) is 13.3 Å². The molecule has 0 radical (unpaired) electrons. The molecular weight excluding hydrogens is 256 g/mol. The second-order valence-electron chi connectivity index (χ2n) is 5.20. The minimum atomic E-state index is -0.499. The van der Waals surface area contributed by atoms with Crippen molar-refractivity contribution in [1.29, 1.82) is 0 Å². The van der Waals surface area contributed by atoms with Gasteiger partial charge in [0.2, 0.25) is 5.91 Å². The van der Waals surface area contributed by atoms with Gasteiger partial charge >= 0.3 is 0 Å². The van der Waals surface area contributed by atoms with Gasteiger partial charge in [-0.25, -0.2) is 0 Å². The number of rotatable bonds is 5. The first-order valence-electron chi connectivity index (χ1n) is 7.05. The zero-order chi connectivity index (χ0) is 14.6. The predicted octanol–water partition coefficient (Wildman–Crippen LogP) is 2.26. The van der Waals surface area contributed by atoms with E-state index < -0.39 is 5.54 Å². The lowest BCUT2D eigenvalue weighted by Gasteiger charge is -2.28. The number of amides is 1. The van der Waals surface area contributed by atoms with Crippen LogP contribution >= 0.6 is 0 Å². The number of nitrogens with one attached hydrogen (secondary N) is 2. The smallest absolute Gasteiger partial charge is 0.244 e. The van der Waals surface area contributed by atoms with Crippen LogP contribution in [0.3, 0.4) is 0 Å². The Morgan fingerprint density at radius 3 is 2.90 bits per heavy atom. The van der Waals surface area contributed by atoms with Crippen LogP contribution in [0.4, 0.5) is 5.69 Å². The minimum Gasteiger partial charge on any atom is -0.506 e. The first kappa shape index (κ1) is 14.7. The highest BCUT2D eigenvalue weighted by atomic mass is 16.5. The van der Waals surface area contributed by atoms with Gasteiger partial charge in [0.05, 0.1) is 18.3 Å². The number of phenols is 1. The summed E-state index contributed by atoms with van der Waals surface area (Å²) in [5.74, 6) is 0.502. The zero-order valence-electron chi connectivity index (χ0n) is 12.0. The minimum absolute atomic E-state index is 0.0161. The monoisotopic (exact) mass is 278 g/mol. The second kappa shape index (κ2) is 6.13. The number of carbonyl (C=O) groups excluding carboxylic acids is 1. The van der Waals surface area contributed by atoms with Crippen molar-refractivity contribution in [2.24, 2.45) is 0 Å². The quantitative estimate of drug-likeness (QED) is 0.723. The van der Waals surface area contributed by atoms with Crippen molar-refractivity contribution < 1.29 is 14.6 Å². The average molecular weight is 278 g/mol. The van der Waals surface area contributed by atoms with Crippen molar-refractivity contribution in [1.82, 2.24) is 5.32 Å². The Balaban J connectivity index is 2.14. The van der Waals surface area contributed by atoms with E-state index in [1.165, 1.54) is 13.2 Å². The lowest BCUT2D eigenvalue weighted by molar-refractivity contribution is -0.122. The van der Waals surface area contributed by atoms with Crippen molar-refractivity contribution in [2.75, 3.05) is 19.0 Å². The molecule has 1 aromatic carbocycles. The summed E-state index contributed by atoms with van der Waals surface area (Å²) in [4.78, 5) is 12.5. The van der Waals surface area contributed by atoms with E-state index in [9.17, 15) is 9.90 Å². The number of hydrogen-bond acceptors (Lipinski definition) is 4. The fourth-order valence-corrected chi connectivity index (χ4v) is 2.74. The van der Waals surface area contributed by atoms with Gasteiger partial charge in [0, 0.05) is 6.07 Å². The largest absolute Gasteiger partial charge is 0.506 e. The van der Waals surface area contributed by atoms with E-state index in [2.05, 4.69) is 17.6 Å². The number of carbonyl (C=O) groups is 1. The molecule has 1 atom stereocenters. The summed E-state index contributed by atoms with van der Waals surface area (Å²) < 4.78 is 5.03. The molecular formula is C15H22N2O3. The lowest BCUT2D eigenvalue weighted by atomic mass is 9.90. The Kier molecular flexibility index (Phi) is 4.49. The molecule has 1 amide bonds. The van der Waals surface area contributed by atoms with Gasteiger partial charge in [-0.2, -0.15) is 0 Å². The van der Waals surface area contributed by atoms with E-state index in [0.717, 1.165) is 32.2 Å². The standard InChI is InChI=1S/C15H22N2O3/c1-3-7-15(8-4-9-16-15)14(19)17-12-6-5-11(20-2)10-13(12)18/h5-6,10,16,18H,3-4,7-9H2,1-2H3,(H,17,19). The van der Waals surface area contributed by atoms with E-state index in [-0.39, 0.29) is 11.7 Å². The Bertz CT molecular complexity index is 482. The second-order valence-corrected chi connectivity index (χ2v) is 5.20. The van der Waals surface area contributed by atoms with Crippen LogP contribution in [0.25, 0.3) is 0 Å². The number of aromatic hydroxyl groups is 1. The Labute approximate surface area is 119 Å². The number of hydrogen-bond donors (Lipinski definition) is 3. The number of benzene rings is 1. The van der Waals surface area contributed by atoms with Crippen molar-refractivity contribution in [3.8, 4) is 11.5 Å². The van der Waals surface area contributed by atoms with Crippen LogP contribution < -0.4 is 15.4 Å². The Morgan fingerprint density at radius 1 is 1.55 bits per heavy atom. The Morgan fingerprint density at radius 2 is 2.35 bits per heavy atom. The average Bonchev–Trinajstić information content (AvgIpc) is 2.91. The number of methoxy groups -OCH3 is 1. The van der Waals surface area contributed by atoms with Crippen LogP contribution in [-0.2, 0) is 4.79 Å². The number of ether oxygens (including phenoxy) is 1. The third-order valence-corrected chi connectivity index (χ3v) is 3.81. The molecule has 110 valence electrons. The number of phenolic OH excluding ortho intramolecular Hbond substituents is 1. The molecule has 0 bridgehead atoms. The molecule has 1 heterocycles. The van der Waals surface area contributed by atoms with E-state index in [1.807, 2.05) is 0 Å². The van der Waals surface area contributed by atoms with Gasteiger partial charge in [0.15, 0.2) is 0 Å². The summed E-state index contributed by atoms with van der Waals surface area (Å²) in [5.41, 5.74) is -0.0822. The molecule has 0 saturated carbocycles. The molecule has 0 spiro atoms. The van der Waals surface area contributed by atoms with Gasteiger partial charge in [-0.3, -0.25) is 4.79 Å². The van der Waals surface area contributed by atoms with Crippen LogP contribution in [0.2, 0.25) is 0 Å². The molecule has 2 rings (SSSR count). The molecule has 0 aromatic heterocycles. The van der Waals surface area contributed by atoms with E-state index in [0.29, 0.717) is 11.4 Å². The first-order valence-corrected chi connectivity index (χ1v) is 7.05. The van der Waals surface area contributed by atoms with Gasteiger partial charge in [-0.15, -0.1) is 0 Å². The van der Waals surface area contributed by atoms with Crippen molar-refractivity contribution in [3.05, 3.63) is 18.2 Å². The van der Waals surface area contributed by atoms with Gasteiger partial charge in [0.25, 0.3) is 0 Å². The van der Waals surface area contributed by atoms with Crippen LogP contribution in [0.15, 0.2) is 18.2 Å². The summed E-state index contributed by atoms with van der Waals surface area (Å²) in [7, 11) is 1.53. The van der Waals surface area contributed by atoms with Gasteiger partial charge < -0.3 is 20.5 Å². The van der Waals surface area contributed by atoms with Crippen molar-refractivity contribution in [3.63, 3.8) is 0 Å². The zero-order valence-corrected chi connectivity index (χ0v) is 12.0. The van der Waals surface area contributed by atoms with Gasteiger partial charge in [0.1, 0.15) is 11.5 Å². The van der Waals surface area contributed by atoms with E-state index in [4.69, 9.17) is 4.74 Å². The van der Waals surface area contributed by atoms with Crippen molar-refractivity contribution >= 4 is 11.6 Å². The molecule has 1 aliphatic rings. The summed E-state index contributed by atoms with van der Waals surface area (Å²) in [6.45, 7) is 2.93. The fourth-order valence-electron chi connectivity index (χ4n) is 2.74. The van der Waals surface area contributed by atoms with Crippen LogP contribution in [0.5, 0.6) is 11.5 Å². The highest BCUT2D eigenvalue weighted by Crippen LogP contribution is 2.31. The maximum Gasteiger partial charge on any atom is 0.244 e. The van der Waals surface area contributed by atoms with E-state index >= 15 is 0 Å². The predicted molar refractivity (Wildman–Crippen MR) is 78.2 cm³/mol. The van der Waals surface area contributed by atoms with Crippen LogP contribution in [0, 0.1) is 0 Å². The SMILES string of the molecule is CCCC1(C(=O)Nc2ccc(OC)cc2O)CCCN1. The molecule has 3 N–H and O–H groups in total. The molecule has 0 aliphatic carbocycles. The molecule has 1 fully saturated rings. The van der Waals surface area contributed by atoms with E-state index in [1.54, 1.807) is 12.1 Å². The van der Waals surface area contributed by atoms with Crippen LogP contribution in [0.1, 0.15) is 32.6 Å². The van der Waals surface area contributed by atoms with Gasteiger partial charge in [-0.05, 0) is 37.9 Å². The Hall–Kier alpha value is -1.75. The summed E-state index contributed by atoms with van der Waals surface area (Å²) in [5, 5.41) is 16.0. The summed E-state index contributed by atoms with van der Waals surface area (Å²) in [6.07, 6.45) is 3.58. The third kappa shape index (κ3) is 2.88. The highest BCUT2D eigenvalue weighted by molar-refractivity contribution is 5.99. The summed E-state index contributed by atoms with van der Waals surface area (Å²) >= 11 is 0. The molecule has 5 heteroatoms. The molecule has 5 nitrogen and oxygen atoms in total. The molecule has 20 heavy (non-hydrogen) atoms. The first-order chi connectivity index (χ1) is 9.61. The molecule has 1 unspecified atom stereocenters. The normalized spacial score (nSPS) is 21.7. The molecule has 1 aliphatic heterocycles. The molecule has 1 aromatic rings. The lowest BCUT2D eigenvalue weighted by Crippen LogP contribution is -2.50. The maximum absolute atomic E-state index is 12.5. The topological polar surface area (TPSA) is 70.6 Å². The fraction of sp³-hybridized carbons (Fsp3) is 0.533. The highest BCUT2D eigenvalue weighted by Gasteiger charge is 2.40. The third-order valence-electron chi connectivity index (χ3n) is 3.81. The maximum atomic E-state index is 12.5. The summed E-state index contributed by atoms with van der Waals surface area (Å²) in [6, 6.07) is 4.86. The molecule has 1 saturated heterocycles. The number of anilines is 1. The van der Waals surface area contributed by atoms with Crippen LogP contribution in [-0.4, -0.2) is 30.2 Å². The van der Waals surface area contributed by atoms with Crippen molar-refractivity contribution in [2.45, 2.75) is 38.1 Å².